The van der Waals surface area contributed by atoms with Crippen molar-refractivity contribution in [3.63, 3.8) is 0 Å². The second-order valence-corrected chi connectivity index (χ2v) is 3.12. The first-order valence-electron chi connectivity index (χ1n) is 4.22. The van der Waals surface area contributed by atoms with E-state index in [9.17, 15) is 0 Å². The lowest BCUT2D eigenvalue weighted by molar-refractivity contribution is 0.274. The summed E-state index contributed by atoms with van der Waals surface area (Å²) in [6, 6.07) is 2.31. The fraction of sp³-hybridized carbons (Fsp3) is 0.625. The summed E-state index contributed by atoms with van der Waals surface area (Å²) in [6.07, 6.45) is 0. The van der Waals surface area contributed by atoms with Gasteiger partial charge >= 0.3 is 0 Å². The number of rotatable bonds is 1. The lowest BCUT2D eigenvalue weighted by atomic mass is 10.2. The highest BCUT2D eigenvalue weighted by Crippen LogP contribution is 2.17. The molecule has 1 unspecified atom stereocenters. The summed E-state index contributed by atoms with van der Waals surface area (Å²) in [7, 11) is 0. The molecule has 1 aromatic heterocycles. The zero-order valence-corrected chi connectivity index (χ0v) is 7.12. The average Bonchev–Trinajstić information content (AvgIpc) is 2.49. The van der Waals surface area contributed by atoms with Crippen LogP contribution in [0.25, 0.3) is 0 Å². The lowest BCUT2D eigenvalue weighted by Crippen LogP contribution is -2.31. The lowest BCUT2D eigenvalue weighted by Gasteiger charge is -2.21. The van der Waals surface area contributed by atoms with Crippen LogP contribution in [0, 0.1) is 0 Å². The predicted molar refractivity (Wildman–Crippen MR) is 44.6 cm³/mol. The standard InChI is InChI=1S/C8H13N3O/c1-6-8-4-7(5-12)10-11(8)3-2-9-6/h4,6,9,12H,2-3,5H2,1H3. The third kappa shape index (κ3) is 1.13. The number of aliphatic hydroxyl groups is 1. The van der Waals surface area contributed by atoms with Gasteiger partial charge in [0.05, 0.1) is 24.5 Å². The van der Waals surface area contributed by atoms with Gasteiger partial charge in [0.25, 0.3) is 0 Å². The summed E-state index contributed by atoms with van der Waals surface area (Å²) in [4.78, 5) is 0. The molecule has 4 heteroatoms. The molecule has 0 spiro atoms. The Morgan fingerprint density at radius 3 is 3.33 bits per heavy atom. The maximum Gasteiger partial charge on any atom is 0.0882 e. The first-order valence-corrected chi connectivity index (χ1v) is 4.22. The number of nitrogens with zero attached hydrogens (tertiary/aromatic N) is 2. The van der Waals surface area contributed by atoms with E-state index in [0.29, 0.717) is 6.04 Å². The molecule has 0 aliphatic carbocycles. The van der Waals surface area contributed by atoms with E-state index in [4.69, 9.17) is 5.11 Å². The molecule has 4 nitrogen and oxygen atoms in total. The first-order chi connectivity index (χ1) is 5.81. The van der Waals surface area contributed by atoms with E-state index in [1.54, 1.807) is 0 Å². The fourth-order valence-electron chi connectivity index (χ4n) is 1.58. The van der Waals surface area contributed by atoms with Crippen LogP contribution in [0.4, 0.5) is 0 Å². The summed E-state index contributed by atoms with van der Waals surface area (Å²) in [5.41, 5.74) is 1.94. The van der Waals surface area contributed by atoms with Crippen LogP contribution >= 0.6 is 0 Å². The SMILES string of the molecule is CC1NCCn2nc(CO)cc21. The Hall–Kier alpha value is -0.870. The number of nitrogens with one attached hydrogen (secondary N) is 1. The van der Waals surface area contributed by atoms with Crippen LogP contribution in [0.1, 0.15) is 24.4 Å². The number of fused-ring (bicyclic) bond motifs is 1. The highest BCUT2D eigenvalue weighted by Gasteiger charge is 2.17. The van der Waals surface area contributed by atoms with Crippen molar-refractivity contribution in [1.29, 1.82) is 0 Å². The van der Waals surface area contributed by atoms with Gasteiger partial charge in [0.15, 0.2) is 0 Å². The Kier molecular flexibility index (Phi) is 1.86. The molecule has 1 aliphatic heterocycles. The topological polar surface area (TPSA) is 50.1 Å². The van der Waals surface area contributed by atoms with E-state index in [0.717, 1.165) is 18.8 Å². The van der Waals surface area contributed by atoms with Gasteiger partial charge in [0, 0.05) is 12.6 Å². The molecule has 0 amide bonds. The van der Waals surface area contributed by atoms with Gasteiger partial charge in [-0.05, 0) is 13.0 Å². The molecule has 66 valence electrons. The van der Waals surface area contributed by atoms with Crippen LogP contribution in [0.15, 0.2) is 6.07 Å². The number of hydrogen-bond acceptors (Lipinski definition) is 3. The van der Waals surface area contributed by atoms with E-state index in [1.807, 2.05) is 10.7 Å². The molecule has 0 radical (unpaired) electrons. The summed E-state index contributed by atoms with van der Waals surface area (Å²) < 4.78 is 1.96. The Bertz CT molecular complexity index is 282. The van der Waals surface area contributed by atoms with Crippen LogP contribution in [0.2, 0.25) is 0 Å². The van der Waals surface area contributed by atoms with E-state index >= 15 is 0 Å². The molecule has 0 fully saturated rings. The molecule has 2 rings (SSSR count). The van der Waals surface area contributed by atoms with Gasteiger partial charge in [0.1, 0.15) is 0 Å². The van der Waals surface area contributed by atoms with Gasteiger partial charge in [-0.2, -0.15) is 5.10 Å². The second-order valence-electron chi connectivity index (χ2n) is 3.12. The van der Waals surface area contributed by atoms with E-state index < -0.39 is 0 Å². The first kappa shape index (κ1) is 7.76. The minimum absolute atomic E-state index is 0.0344. The monoisotopic (exact) mass is 167 g/mol. The predicted octanol–water partition coefficient (Wildman–Crippen LogP) is 0.0396. The maximum absolute atomic E-state index is 8.88. The molecule has 2 heterocycles. The minimum atomic E-state index is 0.0344. The van der Waals surface area contributed by atoms with E-state index in [1.165, 1.54) is 5.69 Å². The maximum atomic E-state index is 8.88. The molecule has 0 bridgehead atoms. The van der Waals surface area contributed by atoms with Gasteiger partial charge in [-0.1, -0.05) is 0 Å². The Balaban J connectivity index is 2.37. The average molecular weight is 167 g/mol. The molecule has 0 aromatic carbocycles. The Morgan fingerprint density at radius 2 is 2.67 bits per heavy atom. The van der Waals surface area contributed by atoms with E-state index in [2.05, 4.69) is 17.3 Å². The Labute approximate surface area is 71.2 Å². The smallest absolute Gasteiger partial charge is 0.0882 e. The van der Waals surface area contributed by atoms with Crippen molar-refractivity contribution in [2.75, 3.05) is 6.54 Å². The quantitative estimate of drug-likeness (QED) is 0.621. The number of aliphatic hydroxyl groups excluding tert-OH is 1. The zero-order valence-electron chi connectivity index (χ0n) is 7.12. The van der Waals surface area contributed by atoms with Crippen molar-refractivity contribution in [2.24, 2.45) is 0 Å². The summed E-state index contributed by atoms with van der Waals surface area (Å²) in [6.45, 7) is 4.00. The van der Waals surface area contributed by atoms with Crippen LogP contribution in [0.5, 0.6) is 0 Å². The van der Waals surface area contributed by atoms with Crippen molar-refractivity contribution in [3.05, 3.63) is 17.5 Å². The van der Waals surface area contributed by atoms with Gasteiger partial charge in [-0.3, -0.25) is 4.68 Å². The highest BCUT2D eigenvalue weighted by atomic mass is 16.3. The van der Waals surface area contributed by atoms with Crippen molar-refractivity contribution < 1.29 is 5.11 Å². The second kappa shape index (κ2) is 2.88. The van der Waals surface area contributed by atoms with Crippen LogP contribution in [-0.2, 0) is 13.2 Å². The minimum Gasteiger partial charge on any atom is -0.390 e. The molecule has 1 aliphatic rings. The van der Waals surface area contributed by atoms with Gasteiger partial charge in [-0.25, -0.2) is 0 Å². The molecule has 0 saturated carbocycles. The summed E-state index contributed by atoms with van der Waals surface area (Å²) in [5.74, 6) is 0. The van der Waals surface area contributed by atoms with Crippen molar-refractivity contribution in [1.82, 2.24) is 15.1 Å². The normalized spacial score (nSPS) is 22.3. The van der Waals surface area contributed by atoms with Crippen molar-refractivity contribution in [2.45, 2.75) is 26.1 Å². The zero-order chi connectivity index (χ0) is 8.55. The Morgan fingerprint density at radius 1 is 1.83 bits per heavy atom. The largest absolute Gasteiger partial charge is 0.390 e. The van der Waals surface area contributed by atoms with Crippen LogP contribution in [0.3, 0.4) is 0 Å². The third-order valence-electron chi connectivity index (χ3n) is 2.24. The van der Waals surface area contributed by atoms with Crippen LogP contribution in [-0.4, -0.2) is 21.4 Å². The van der Waals surface area contributed by atoms with Crippen molar-refractivity contribution >= 4 is 0 Å². The molecular weight excluding hydrogens is 154 g/mol. The number of aromatic nitrogens is 2. The molecule has 12 heavy (non-hydrogen) atoms. The third-order valence-corrected chi connectivity index (χ3v) is 2.24. The number of hydrogen-bond donors (Lipinski definition) is 2. The van der Waals surface area contributed by atoms with Crippen molar-refractivity contribution in [3.8, 4) is 0 Å². The molecule has 2 N–H and O–H groups in total. The van der Waals surface area contributed by atoms with Gasteiger partial charge in [0.2, 0.25) is 0 Å². The summed E-state index contributed by atoms with van der Waals surface area (Å²) in [5, 5.41) is 16.5. The van der Waals surface area contributed by atoms with Crippen LogP contribution < -0.4 is 5.32 Å². The van der Waals surface area contributed by atoms with Gasteiger partial charge < -0.3 is 10.4 Å². The summed E-state index contributed by atoms with van der Waals surface area (Å²) >= 11 is 0. The molecule has 1 aromatic rings. The molecular formula is C8H13N3O. The molecule has 1 atom stereocenters. The van der Waals surface area contributed by atoms with E-state index in [-0.39, 0.29) is 6.61 Å². The molecule has 0 saturated heterocycles. The van der Waals surface area contributed by atoms with Gasteiger partial charge in [-0.15, -0.1) is 0 Å². The fourth-order valence-corrected chi connectivity index (χ4v) is 1.58. The highest BCUT2D eigenvalue weighted by molar-refractivity contribution is 5.14.